The number of thioether (sulfide) groups is 1. The minimum absolute atomic E-state index is 0.212. The summed E-state index contributed by atoms with van der Waals surface area (Å²) in [5.41, 5.74) is 5.49. The maximum atomic E-state index is 11.7. The van der Waals surface area contributed by atoms with E-state index >= 15 is 0 Å². The van der Waals surface area contributed by atoms with Crippen LogP contribution < -0.4 is 11.4 Å². The van der Waals surface area contributed by atoms with Gasteiger partial charge < -0.3 is 5.73 Å². The van der Waals surface area contributed by atoms with Crippen LogP contribution in [-0.4, -0.2) is 25.6 Å². The van der Waals surface area contributed by atoms with Crippen LogP contribution >= 0.6 is 23.1 Å². The molecule has 0 aliphatic carbocycles. The Bertz CT molecular complexity index is 540. The van der Waals surface area contributed by atoms with Crippen molar-refractivity contribution in [2.75, 3.05) is 12.0 Å². The van der Waals surface area contributed by atoms with Crippen molar-refractivity contribution in [1.82, 2.24) is 19.3 Å². The molecule has 0 aliphatic heterocycles. The van der Waals surface area contributed by atoms with Crippen molar-refractivity contribution < 1.29 is 0 Å². The summed E-state index contributed by atoms with van der Waals surface area (Å²) in [5.74, 6) is 0.367. The normalized spacial score (nSPS) is 10.8. The fourth-order valence-electron chi connectivity index (χ4n) is 1.15. The topological polar surface area (TPSA) is 78.7 Å². The lowest BCUT2D eigenvalue weighted by Gasteiger charge is -1.94. The van der Waals surface area contributed by atoms with E-state index in [1.54, 1.807) is 13.2 Å². The van der Waals surface area contributed by atoms with Crippen LogP contribution in [0.2, 0.25) is 0 Å². The largest absolute Gasteiger partial charge is 0.383 e. The Morgan fingerprint density at radius 3 is 2.73 bits per heavy atom. The highest BCUT2D eigenvalue weighted by Gasteiger charge is 2.12. The van der Waals surface area contributed by atoms with E-state index in [2.05, 4.69) is 10.2 Å². The Labute approximate surface area is 93.7 Å². The monoisotopic (exact) mass is 243 g/mol. The average molecular weight is 243 g/mol. The molecular weight excluding hydrogens is 234 g/mol. The van der Waals surface area contributed by atoms with Crippen molar-refractivity contribution in [2.24, 2.45) is 7.05 Å². The number of rotatable bonds is 2. The summed E-state index contributed by atoms with van der Waals surface area (Å²) >= 11 is 2.82. The van der Waals surface area contributed by atoms with E-state index < -0.39 is 0 Å². The zero-order valence-electron chi connectivity index (χ0n) is 8.17. The molecule has 0 spiro atoms. The summed E-state index contributed by atoms with van der Waals surface area (Å²) in [6.07, 6.45) is 3.46. The third kappa shape index (κ3) is 1.65. The highest BCUT2D eigenvalue weighted by molar-refractivity contribution is 8.00. The average Bonchev–Trinajstić information content (AvgIpc) is 2.74. The van der Waals surface area contributed by atoms with Gasteiger partial charge in [0, 0.05) is 13.2 Å². The standard InChI is InChI=1S/C7H9N5OS2/c1-11-3-4(8)12(7(11)13)5-9-10-6(14-2)15-5/h3H,8H2,1-2H3. The predicted molar refractivity (Wildman–Crippen MR) is 60.7 cm³/mol. The number of nitrogens with zero attached hydrogens (tertiary/aromatic N) is 4. The molecule has 0 saturated carbocycles. The molecule has 0 atom stereocenters. The predicted octanol–water partition coefficient (Wildman–Crippen LogP) is 0.332. The van der Waals surface area contributed by atoms with Crippen molar-refractivity contribution in [3.8, 4) is 5.13 Å². The molecule has 8 heteroatoms. The summed E-state index contributed by atoms with van der Waals surface area (Å²) in [4.78, 5) is 11.7. The zero-order valence-corrected chi connectivity index (χ0v) is 9.80. The fraction of sp³-hybridized carbons (Fsp3) is 0.286. The van der Waals surface area contributed by atoms with Gasteiger partial charge in [-0.3, -0.25) is 4.57 Å². The Morgan fingerprint density at radius 1 is 1.53 bits per heavy atom. The van der Waals surface area contributed by atoms with Gasteiger partial charge in [0.15, 0.2) is 4.34 Å². The molecule has 0 bridgehead atoms. The molecule has 0 radical (unpaired) electrons. The number of nitrogens with two attached hydrogens (primary N) is 1. The number of aromatic nitrogens is 4. The highest BCUT2D eigenvalue weighted by Crippen LogP contribution is 2.22. The third-order valence-electron chi connectivity index (χ3n) is 1.84. The summed E-state index contributed by atoms with van der Waals surface area (Å²) in [5, 5.41) is 8.32. The van der Waals surface area contributed by atoms with Crippen molar-refractivity contribution in [3.05, 3.63) is 16.7 Å². The van der Waals surface area contributed by atoms with Gasteiger partial charge in [0.05, 0.1) is 0 Å². The molecule has 2 aromatic rings. The van der Waals surface area contributed by atoms with Gasteiger partial charge >= 0.3 is 5.69 Å². The van der Waals surface area contributed by atoms with Gasteiger partial charge in [0.1, 0.15) is 5.82 Å². The number of imidazole rings is 1. The summed E-state index contributed by atoms with van der Waals surface area (Å²) in [7, 11) is 1.64. The first kappa shape index (κ1) is 10.2. The molecule has 0 amide bonds. The van der Waals surface area contributed by atoms with E-state index in [-0.39, 0.29) is 5.69 Å². The van der Waals surface area contributed by atoms with Crippen LogP contribution in [0.3, 0.4) is 0 Å². The van der Waals surface area contributed by atoms with Crippen molar-refractivity contribution >= 4 is 28.9 Å². The van der Waals surface area contributed by atoms with E-state index in [9.17, 15) is 4.79 Å². The van der Waals surface area contributed by atoms with E-state index in [0.29, 0.717) is 10.9 Å². The Balaban J connectivity index is 2.58. The molecule has 2 N–H and O–H groups in total. The van der Waals surface area contributed by atoms with Crippen molar-refractivity contribution in [1.29, 1.82) is 0 Å². The molecule has 2 rings (SSSR count). The SMILES string of the molecule is CSc1nnc(-n2c(N)cn(C)c2=O)s1. The number of aryl methyl sites for hydroxylation is 1. The van der Waals surface area contributed by atoms with Crippen LogP contribution in [-0.2, 0) is 7.05 Å². The number of hydrogen-bond acceptors (Lipinski definition) is 6. The van der Waals surface area contributed by atoms with Gasteiger partial charge in [-0.25, -0.2) is 9.36 Å². The minimum atomic E-state index is -0.212. The second-order valence-corrected chi connectivity index (χ2v) is 4.85. The van der Waals surface area contributed by atoms with Gasteiger partial charge in [0.2, 0.25) is 5.13 Å². The molecule has 15 heavy (non-hydrogen) atoms. The van der Waals surface area contributed by atoms with E-state index in [1.807, 2.05) is 6.26 Å². The van der Waals surface area contributed by atoms with Crippen molar-refractivity contribution in [2.45, 2.75) is 4.34 Å². The van der Waals surface area contributed by atoms with Crippen LogP contribution in [0, 0.1) is 0 Å². The van der Waals surface area contributed by atoms with Gasteiger partial charge in [-0.05, 0) is 6.26 Å². The Kier molecular flexibility index (Phi) is 2.53. The van der Waals surface area contributed by atoms with Crippen LogP contribution in [0.25, 0.3) is 5.13 Å². The van der Waals surface area contributed by atoms with Crippen LogP contribution in [0.15, 0.2) is 15.3 Å². The lowest BCUT2D eigenvalue weighted by atomic mass is 10.7. The number of anilines is 1. The molecule has 6 nitrogen and oxygen atoms in total. The first-order chi connectivity index (χ1) is 7.13. The minimum Gasteiger partial charge on any atom is -0.383 e. The second-order valence-electron chi connectivity index (χ2n) is 2.84. The van der Waals surface area contributed by atoms with Gasteiger partial charge in [-0.1, -0.05) is 23.1 Å². The second kappa shape index (κ2) is 3.70. The van der Waals surface area contributed by atoms with Crippen LogP contribution in [0.4, 0.5) is 5.82 Å². The first-order valence-electron chi connectivity index (χ1n) is 4.05. The highest BCUT2D eigenvalue weighted by atomic mass is 32.2. The van der Waals surface area contributed by atoms with Gasteiger partial charge in [-0.15, -0.1) is 10.2 Å². The summed E-state index contributed by atoms with van der Waals surface area (Å²) in [6.45, 7) is 0. The van der Waals surface area contributed by atoms with Gasteiger partial charge in [-0.2, -0.15) is 0 Å². The molecule has 0 saturated heterocycles. The first-order valence-corrected chi connectivity index (χ1v) is 6.09. The van der Waals surface area contributed by atoms with Crippen molar-refractivity contribution in [3.63, 3.8) is 0 Å². The fourth-order valence-corrected chi connectivity index (χ4v) is 2.42. The number of nitrogen functional groups attached to an aromatic ring is 1. The summed E-state index contributed by atoms with van der Waals surface area (Å²) < 4.78 is 3.56. The van der Waals surface area contributed by atoms with E-state index in [0.717, 1.165) is 4.34 Å². The molecule has 0 aliphatic rings. The molecular formula is C7H9N5OS2. The lowest BCUT2D eigenvalue weighted by Crippen LogP contribution is -2.21. The molecule has 80 valence electrons. The molecule has 0 aromatic carbocycles. The quantitative estimate of drug-likeness (QED) is 0.769. The maximum absolute atomic E-state index is 11.7. The van der Waals surface area contributed by atoms with E-state index in [1.165, 1.54) is 32.2 Å². The molecule has 2 heterocycles. The van der Waals surface area contributed by atoms with Gasteiger partial charge in [0.25, 0.3) is 0 Å². The number of hydrogen-bond donors (Lipinski definition) is 1. The zero-order chi connectivity index (χ0) is 11.0. The molecule has 0 fully saturated rings. The van der Waals surface area contributed by atoms with Crippen LogP contribution in [0.5, 0.6) is 0 Å². The Morgan fingerprint density at radius 2 is 2.27 bits per heavy atom. The van der Waals surface area contributed by atoms with E-state index in [4.69, 9.17) is 5.73 Å². The molecule has 0 unspecified atom stereocenters. The van der Waals surface area contributed by atoms with Crippen LogP contribution in [0.1, 0.15) is 0 Å². The lowest BCUT2D eigenvalue weighted by molar-refractivity contribution is 0.813. The molecule has 2 aromatic heterocycles. The smallest absolute Gasteiger partial charge is 0.336 e. The third-order valence-corrected chi connectivity index (χ3v) is 3.72. The summed E-state index contributed by atoms with van der Waals surface area (Å²) in [6, 6.07) is 0. The Hall–Kier alpha value is -1.28. The maximum Gasteiger partial charge on any atom is 0.336 e.